The van der Waals surface area contributed by atoms with Gasteiger partial charge in [-0.15, -0.1) is 12.4 Å². The fraction of sp³-hybridized carbons (Fsp3) is 0.250. The summed E-state index contributed by atoms with van der Waals surface area (Å²) < 4.78 is 18.4. The summed E-state index contributed by atoms with van der Waals surface area (Å²) in [4.78, 5) is 0. The molecule has 0 aliphatic carbocycles. The largest absolute Gasteiger partial charge is 0.494 e. The molecule has 2 aromatic rings. The molecule has 0 saturated carbocycles. The summed E-state index contributed by atoms with van der Waals surface area (Å²) in [5.74, 6) is 0.616. The molecule has 0 radical (unpaired) electrons. The number of ether oxygens (including phenoxy) is 1. The lowest BCUT2D eigenvalue weighted by Crippen LogP contribution is -2.13. The van der Waals surface area contributed by atoms with Crippen molar-refractivity contribution in [3.63, 3.8) is 0 Å². The van der Waals surface area contributed by atoms with Crippen LogP contribution in [0.25, 0.3) is 0 Å². The van der Waals surface area contributed by atoms with Crippen molar-refractivity contribution >= 4 is 24.0 Å². The third kappa shape index (κ3) is 5.54. The molecule has 0 saturated heterocycles. The molecule has 2 aromatic carbocycles. The predicted molar refractivity (Wildman–Crippen MR) is 86.8 cm³/mol. The minimum absolute atomic E-state index is 0. The van der Waals surface area contributed by atoms with Crippen LogP contribution < -0.4 is 10.1 Å². The van der Waals surface area contributed by atoms with Gasteiger partial charge in [-0.05, 0) is 42.8 Å². The van der Waals surface area contributed by atoms with E-state index < -0.39 is 0 Å². The Morgan fingerprint density at radius 1 is 1.10 bits per heavy atom. The highest BCUT2D eigenvalue weighted by atomic mass is 35.5. The quantitative estimate of drug-likeness (QED) is 0.836. The van der Waals surface area contributed by atoms with Gasteiger partial charge in [0, 0.05) is 23.7 Å². The molecule has 0 aliphatic heterocycles. The van der Waals surface area contributed by atoms with Crippen LogP contribution in [-0.2, 0) is 13.1 Å². The van der Waals surface area contributed by atoms with Gasteiger partial charge in [0.05, 0.1) is 6.61 Å². The van der Waals surface area contributed by atoms with Crippen molar-refractivity contribution in [3.8, 4) is 5.75 Å². The number of rotatable bonds is 6. The van der Waals surface area contributed by atoms with E-state index in [0.717, 1.165) is 16.9 Å². The number of benzene rings is 2. The lowest BCUT2D eigenvalue weighted by molar-refractivity contribution is 0.335. The van der Waals surface area contributed by atoms with Gasteiger partial charge in [0.15, 0.2) is 0 Å². The van der Waals surface area contributed by atoms with Gasteiger partial charge in [-0.3, -0.25) is 0 Å². The van der Waals surface area contributed by atoms with Crippen molar-refractivity contribution in [3.05, 3.63) is 64.4 Å². The average Bonchev–Trinajstić information content (AvgIpc) is 2.44. The molecule has 1 N–H and O–H groups in total. The van der Waals surface area contributed by atoms with Crippen LogP contribution in [0, 0.1) is 5.82 Å². The SMILES string of the molecule is CCOc1ccc(Cl)cc1CNCc1ccc(F)cc1.Cl. The highest BCUT2D eigenvalue weighted by Crippen LogP contribution is 2.23. The fourth-order valence-corrected chi connectivity index (χ4v) is 2.12. The Kier molecular flexibility index (Phi) is 7.51. The standard InChI is InChI=1S/C16H17ClFNO.ClH/c1-2-20-16-8-5-14(17)9-13(16)11-19-10-12-3-6-15(18)7-4-12;/h3-9,19H,2,10-11H2,1H3;1H. The summed E-state index contributed by atoms with van der Waals surface area (Å²) in [7, 11) is 0. The predicted octanol–water partition coefficient (Wildman–Crippen LogP) is 4.59. The molecule has 21 heavy (non-hydrogen) atoms. The second-order valence-electron chi connectivity index (χ2n) is 4.42. The van der Waals surface area contributed by atoms with Crippen LogP contribution in [0.4, 0.5) is 4.39 Å². The minimum Gasteiger partial charge on any atom is -0.494 e. The summed E-state index contributed by atoms with van der Waals surface area (Å²) in [5, 5.41) is 3.99. The first-order valence-corrected chi connectivity index (χ1v) is 6.93. The van der Waals surface area contributed by atoms with E-state index in [0.29, 0.717) is 24.7 Å². The lowest BCUT2D eigenvalue weighted by Gasteiger charge is -2.11. The van der Waals surface area contributed by atoms with Crippen molar-refractivity contribution in [1.29, 1.82) is 0 Å². The van der Waals surface area contributed by atoms with Gasteiger partial charge in [0.25, 0.3) is 0 Å². The molecule has 0 spiro atoms. The fourth-order valence-electron chi connectivity index (χ4n) is 1.93. The summed E-state index contributed by atoms with van der Waals surface area (Å²) in [6, 6.07) is 12.0. The number of nitrogens with one attached hydrogen (secondary N) is 1. The summed E-state index contributed by atoms with van der Waals surface area (Å²) in [6.07, 6.45) is 0. The Labute approximate surface area is 135 Å². The third-order valence-corrected chi connectivity index (χ3v) is 3.12. The maximum absolute atomic E-state index is 12.8. The van der Waals surface area contributed by atoms with Crippen molar-refractivity contribution in [1.82, 2.24) is 5.32 Å². The molecule has 0 heterocycles. The Balaban J connectivity index is 0.00000220. The van der Waals surface area contributed by atoms with Crippen LogP contribution in [-0.4, -0.2) is 6.61 Å². The van der Waals surface area contributed by atoms with Gasteiger partial charge in [0.1, 0.15) is 11.6 Å². The van der Waals surface area contributed by atoms with Gasteiger partial charge < -0.3 is 10.1 Å². The molecular weight excluding hydrogens is 312 g/mol. The molecule has 2 nitrogen and oxygen atoms in total. The molecule has 0 atom stereocenters. The minimum atomic E-state index is -0.220. The molecule has 114 valence electrons. The zero-order valence-electron chi connectivity index (χ0n) is 11.7. The topological polar surface area (TPSA) is 21.3 Å². The maximum Gasteiger partial charge on any atom is 0.123 e. The molecule has 2 rings (SSSR count). The van der Waals surface area contributed by atoms with E-state index >= 15 is 0 Å². The zero-order chi connectivity index (χ0) is 14.4. The van der Waals surface area contributed by atoms with Crippen LogP contribution in [0.15, 0.2) is 42.5 Å². The zero-order valence-corrected chi connectivity index (χ0v) is 13.3. The third-order valence-electron chi connectivity index (χ3n) is 2.88. The highest BCUT2D eigenvalue weighted by molar-refractivity contribution is 6.30. The molecule has 0 aliphatic rings. The van der Waals surface area contributed by atoms with Gasteiger partial charge in [-0.2, -0.15) is 0 Å². The Hall–Kier alpha value is -1.29. The average molecular weight is 330 g/mol. The van der Waals surface area contributed by atoms with Crippen LogP contribution in [0.5, 0.6) is 5.75 Å². The van der Waals surface area contributed by atoms with Crippen LogP contribution in [0.2, 0.25) is 5.02 Å². The van der Waals surface area contributed by atoms with Crippen molar-refractivity contribution in [2.75, 3.05) is 6.61 Å². The first-order chi connectivity index (χ1) is 9.69. The van der Waals surface area contributed by atoms with Gasteiger partial charge in [-0.25, -0.2) is 4.39 Å². The van der Waals surface area contributed by atoms with Crippen molar-refractivity contribution in [2.45, 2.75) is 20.0 Å². The monoisotopic (exact) mass is 329 g/mol. The number of hydrogen-bond acceptors (Lipinski definition) is 2. The van der Waals surface area contributed by atoms with Gasteiger partial charge in [0.2, 0.25) is 0 Å². The van der Waals surface area contributed by atoms with E-state index in [9.17, 15) is 4.39 Å². The summed E-state index contributed by atoms with van der Waals surface area (Å²) >= 11 is 6.01. The molecule has 0 unspecified atom stereocenters. The molecule has 5 heteroatoms. The Morgan fingerprint density at radius 2 is 1.81 bits per heavy atom. The van der Waals surface area contributed by atoms with E-state index in [-0.39, 0.29) is 18.2 Å². The van der Waals surface area contributed by atoms with Gasteiger partial charge >= 0.3 is 0 Å². The van der Waals surface area contributed by atoms with Crippen molar-refractivity contribution in [2.24, 2.45) is 0 Å². The van der Waals surface area contributed by atoms with Crippen LogP contribution in [0.3, 0.4) is 0 Å². The Bertz CT molecular complexity index is 561. The Morgan fingerprint density at radius 3 is 2.48 bits per heavy atom. The summed E-state index contributed by atoms with van der Waals surface area (Å²) in [6.45, 7) is 3.88. The van der Waals surface area contributed by atoms with E-state index in [1.807, 2.05) is 25.1 Å². The van der Waals surface area contributed by atoms with E-state index in [1.165, 1.54) is 12.1 Å². The first kappa shape index (κ1) is 17.8. The van der Waals surface area contributed by atoms with E-state index in [4.69, 9.17) is 16.3 Å². The maximum atomic E-state index is 12.8. The smallest absolute Gasteiger partial charge is 0.123 e. The molecule has 0 fully saturated rings. The molecular formula is C16H18Cl2FNO. The van der Waals surface area contributed by atoms with Crippen LogP contribution in [0.1, 0.15) is 18.1 Å². The van der Waals surface area contributed by atoms with Gasteiger partial charge in [-0.1, -0.05) is 23.7 Å². The highest BCUT2D eigenvalue weighted by Gasteiger charge is 2.04. The van der Waals surface area contributed by atoms with E-state index in [2.05, 4.69) is 5.32 Å². The van der Waals surface area contributed by atoms with E-state index in [1.54, 1.807) is 12.1 Å². The lowest BCUT2D eigenvalue weighted by atomic mass is 10.2. The second kappa shape index (κ2) is 8.88. The molecule has 0 aromatic heterocycles. The number of hydrogen-bond donors (Lipinski definition) is 1. The number of halogens is 3. The summed E-state index contributed by atoms with van der Waals surface area (Å²) in [5.41, 5.74) is 2.05. The normalized spacial score (nSPS) is 10.0. The molecule has 0 amide bonds. The van der Waals surface area contributed by atoms with Crippen molar-refractivity contribution < 1.29 is 9.13 Å². The second-order valence-corrected chi connectivity index (χ2v) is 4.85. The first-order valence-electron chi connectivity index (χ1n) is 6.55. The van der Waals surface area contributed by atoms with Crippen LogP contribution >= 0.6 is 24.0 Å². The molecule has 0 bridgehead atoms.